The lowest BCUT2D eigenvalue weighted by Crippen LogP contribution is -2.63. The van der Waals surface area contributed by atoms with E-state index in [4.69, 9.17) is 9.47 Å². The molecule has 23 nitrogen and oxygen atoms in total. The Balaban J connectivity index is 1.85. The molecule has 0 unspecified atom stereocenters. The molecule has 11 atom stereocenters. The molecule has 0 spiro atoms. The van der Waals surface area contributed by atoms with Gasteiger partial charge in [-0.1, -0.05) is 125 Å². The van der Waals surface area contributed by atoms with Gasteiger partial charge in [0.2, 0.25) is 47.3 Å². The molecule has 4 N–H and O–H groups in total. The number of rotatable bonds is 14. The van der Waals surface area contributed by atoms with Crippen LogP contribution in [0.1, 0.15) is 126 Å². The SMILES string of the molecule is CC[C@@H](C)[C@H]1C(=O)NCC(=O)N(C)[C@@H](C(C)C)C(=O)N[C@@H](Cc2ccc(OCc3ccccc3)cc2)C(=O)O[C@H](C)C(=O)N2CCCC[C@H]2C(=O)N(C)[C@@H](C(C)C)C(=O)N[C@@H](C(C)C)C(=O)N(C)[C@@H](CC(=O)O)C(=O)N(C)[C@@H]([C@@H](C)CC)C(=O)N1C. The van der Waals surface area contributed by atoms with E-state index in [1.165, 1.54) is 56.9 Å². The third kappa shape index (κ3) is 18.0. The van der Waals surface area contributed by atoms with Crippen molar-refractivity contribution in [3.05, 3.63) is 65.7 Å². The van der Waals surface area contributed by atoms with E-state index in [2.05, 4.69) is 16.0 Å². The van der Waals surface area contributed by atoms with Gasteiger partial charge in [0, 0.05) is 48.2 Å². The van der Waals surface area contributed by atoms with E-state index >= 15 is 0 Å². The van der Waals surface area contributed by atoms with Crippen LogP contribution in [0.3, 0.4) is 0 Å². The molecule has 4 rings (SSSR count). The number of nitrogens with one attached hydrogen (secondary N) is 3. The highest BCUT2D eigenvalue weighted by molar-refractivity contribution is 5.99. The fourth-order valence-corrected chi connectivity index (χ4v) is 11.4. The first kappa shape index (κ1) is 70.9. The smallest absolute Gasteiger partial charge is 0.329 e. The fraction of sp³-hybridized carbons (Fsp3) is 0.635. The number of aliphatic carboxylic acids is 1. The maximum Gasteiger partial charge on any atom is 0.329 e. The highest BCUT2D eigenvalue weighted by atomic mass is 16.5. The van der Waals surface area contributed by atoms with Crippen molar-refractivity contribution in [2.24, 2.45) is 29.6 Å². The number of carboxylic acid groups (broad SMARTS) is 1. The number of amides is 9. The Kier molecular flexibility index (Phi) is 26.6. The van der Waals surface area contributed by atoms with Crippen molar-refractivity contribution in [3.63, 3.8) is 0 Å². The van der Waals surface area contributed by atoms with Gasteiger partial charge in [0.15, 0.2) is 6.10 Å². The van der Waals surface area contributed by atoms with Crippen LogP contribution in [0.25, 0.3) is 0 Å². The van der Waals surface area contributed by atoms with Gasteiger partial charge in [0.05, 0.1) is 13.0 Å². The van der Waals surface area contributed by atoms with Gasteiger partial charge in [-0.05, 0) is 79.0 Å². The summed E-state index contributed by atoms with van der Waals surface area (Å²) in [5.74, 6) is -11.4. The number of hydrogen-bond acceptors (Lipinski definition) is 13. The fourth-order valence-electron chi connectivity index (χ4n) is 11.4. The van der Waals surface area contributed by atoms with Crippen LogP contribution < -0.4 is 20.7 Å². The maximum absolute atomic E-state index is 15.0. The third-order valence-electron chi connectivity index (χ3n) is 16.8. The second-order valence-electron chi connectivity index (χ2n) is 24.2. The molecule has 2 aromatic rings. The monoisotopic (exact) mass is 1200 g/mol. The largest absolute Gasteiger partial charge is 0.489 e. The van der Waals surface area contributed by atoms with Crippen molar-refractivity contribution in [1.29, 1.82) is 0 Å². The van der Waals surface area contributed by atoms with Crippen LogP contribution in [0.4, 0.5) is 0 Å². The maximum atomic E-state index is 15.0. The molecule has 9 amide bonds. The average Bonchev–Trinajstić information content (AvgIpc) is 1.52. The highest BCUT2D eigenvalue weighted by Gasteiger charge is 2.46. The van der Waals surface area contributed by atoms with Crippen molar-refractivity contribution in [1.82, 2.24) is 45.3 Å². The van der Waals surface area contributed by atoms with E-state index in [9.17, 15) is 57.8 Å². The second kappa shape index (κ2) is 32.2. The number of fused-ring (bicyclic) bond motifs is 1. The number of carboxylic acids is 1. The minimum atomic E-state index is -1.70. The molecular weight excluding hydrogens is 1110 g/mol. The summed E-state index contributed by atoms with van der Waals surface area (Å²) in [7, 11) is 6.76. The quantitative estimate of drug-likeness (QED) is 0.196. The second-order valence-corrected chi connectivity index (χ2v) is 24.2. The predicted octanol–water partition coefficient (Wildman–Crippen LogP) is 3.89. The number of nitrogens with zero attached hydrogens (tertiary/aromatic N) is 6. The lowest BCUT2D eigenvalue weighted by Gasteiger charge is -2.41. The Labute approximate surface area is 507 Å². The molecule has 2 aliphatic rings. The van der Waals surface area contributed by atoms with E-state index in [-0.39, 0.29) is 19.4 Å². The summed E-state index contributed by atoms with van der Waals surface area (Å²) in [6, 6.07) is 5.85. The molecule has 2 fully saturated rings. The molecule has 0 saturated carbocycles. The number of benzene rings is 2. The van der Waals surface area contributed by atoms with Gasteiger partial charge in [0.25, 0.3) is 5.91 Å². The molecule has 2 heterocycles. The Morgan fingerprint density at radius 3 is 1.71 bits per heavy atom. The Hall–Kier alpha value is -7.59. The first-order valence-electron chi connectivity index (χ1n) is 30.1. The standard InChI is InChI=1S/C63H95N9O14/c1-17-39(9)53-55(76)64-34-48(73)68(13)51(37(5)6)56(77)65-45(32-42-27-29-44(30-28-42)85-35-43-24-20-19-21-25-43)63(84)86-41(11)58(79)72-31-23-22-26-46(72)59(80)69(14)52(38(7)8)57(78)66-50(36(3)4)61(82)67(12)47(33-49(74)75)60(81)71(16)54(40(10)18-2)62(83)70(53)15/h19-21,24-25,27-30,36-41,45-47,50-54H,17-18,22-23,26,31-35H2,1-16H3,(H,64,76)(H,65,77)(H,66,78)(H,74,75)/t39-,40+,41-,45+,46+,47+,50+,51+,52+,53+,54+/m1/s1. The normalized spacial score (nSPS) is 25.6. The summed E-state index contributed by atoms with van der Waals surface area (Å²) >= 11 is 0. The van der Waals surface area contributed by atoms with Crippen LogP contribution in [0.5, 0.6) is 5.75 Å². The molecular formula is C63H95N9O14. The zero-order valence-corrected chi connectivity index (χ0v) is 53.3. The number of likely N-dealkylation sites (N-methyl/N-ethyl adjacent to an activating group) is 5. The van der Waals surface area contributed by atoms with E-state index in [0.29, 0.717) is 43.6 Å². The number of ether oxygens (including phenoxy) is 2. The number of carbonyl (C=O) groups excluding carboxylic acids is 10. The van der Waals surface area contributed by atoms with Crippen molar-refractivity contribution in [3.8, 4) is 5.75 Å². The van der Waals surface area contributed by atoms with Gasteiger partial charge in [-0.3, -0.25) is 47.9 Å². The van der Waals surface area contributed by atoms with Gasteiger partial charge in [-0.15, -0.1) is 0 Å². The van der Waals surface area contributed by atoms with Gasteiger partial charge in [0.1, 0.15) is 60.7 Å². The summed E-state index contributed by atoms with van der Waals surface area (Å²) in [6.45, 7) is 18.3. The number of cyclic esters (lactones) is 1. The van der Waals surface area contributed by atoms with Crippen molar-refractivity contribution < 1.29 is 67.3 Å². The lowest BCUT2D eigenvalue weighted by atomic mass is 9.92. The summed E-state index contributed by atoms with van der Waals surface area (Å²) < 4.78 is 11.9. The van der Waals surface area contributed by atoms with E-state index in [1.54, 1.807) is 86.6 Å². The minimum absolute atomic E-state index is 0.0994. The Morgan fingerprint density at radius 2 is 1.15 bits per heavy atom. The van der Waals surface area contributed by atoms with Crippen LogP contribution in [0, 0.1) is 29.6 Å². The third-order valence-corrected chi connectivity index (χ3v) is 16.8. The molecule has 23 heteroatoms. The topological polar surface area (TPSA) is 282 Å². The first-order valence-corrected chi connectivity index (χ1v) is 30.1. The summed E-state index contributed by atoms with van der Waals surface area (Å²) in [4.78, 5) is 166. The highest BCUT2D eigenvalue weighted by Crippen LogP contribution is 2.27. The van der Waals surface area contributed by atoms with Crippen molar-refractivity contribution >= 4 is 65.1 Å². The Bertz CT molecular complexity index is 2710. The zero-order chi connectivity index (χ0) is 64.6. The number of piperidine rings is 1. The number of esters is 1. The molecule has 0 aromatic heterocycles. The van der Waals surface area contributed by atoms with Crippen molar-refractivity contribution in [2.45, 2.75) is 182 Å². The van der Waals surface area contributed by atoms with E-state index < -0.39 is 162 Å². The van der Waals surface area contributed by atoms with Crippen LogP contribution in [-0.2, 0) is 70.5 Å². The molecule has 0 radical (unpaired) electrons. The molecule has 86 heavy (non-hydrogen) atoms. The minimum Gasteiger partial charge on any atom is -0.489 e. The van der Waals surface area contributed by atoms with Crippen molar-refractivity contribution in [2.75, 3.05) is 48.3 Å². The number of hydrogen-bond donors (Lipinski definition) is 4. The van der Waals surface area contributed by atoms with Crippen LogP contribution in [0.2, 0.25) is 0 Å². The molecule has 2 aromatic carbocycles. The zero-order valence-electron chi connectivity index (χ0n) is 53.3. The van der Waals surface area contributed by atoms with Crippen LogP contribution in [0.15, 0.2) is 54.6 Å². The lowest BCUT2D eigenvalue weighted by molar-refractivity contribution is -0.165. The molecule has 476 valence electrons. The molecule has 0 aliphatic carbocycles. The van der Waals surface area contributed by atoms with Gasteiger partial charge < -0.3 is 59.9 Å². The van der Waals surface area contributed by atoms with Crippen LogP contribution in [-0.4, -0.2) is 202 Å². The van der Waals surface area contributed by atoms with E-state index in [1.807, 2.05) is 37.3 Å². The summed E-state index contributed by atoms with van der Waals surface area (Å²) in [5.41, 5.74) is 1.52. The molecule has 0 bridgehead atoms. The summed E-state index contributed by atoms with van der Waals surface area (Å²) in [6.07, 6.45) is -0.552. The molecule has 2 aliphatic heterocycles. The van der Waals surface area contributed by atoms with Gasteiger partial charge >= 0.3 is 11.9 Å². The molecule has 2 saturated heterocycles. The summed E-state index contributed by atoms with van der Waals surface area (Å²) in [5, 5.41) is 18.4. The van der Waals surface area contributed by atoms with Gasteiger partial charge in [-0.25, -0.2) is 4.79 Å². The average molecular weight is 1200 g/mol. The Morgan fingerprint density at radius 1 is 0.605 bits per heavy atom. The van der Waals surface area contributed by atoms with Crippen LogP contribution >= 0.6 is 0 Å². The van der Waals surface area contributed by atoms with E-state index in [0.717, 1.165) is 20.3 Å². The predicted molar refractivity (Wildman–Crippen MR) is 321 cm³/mol. The number of carbonyl (C=O) groups is 11. The first-order chi connectivity index (χ1) is 40.4. The van der Waals surface area contributed by atoms with Gasteiger partial charge in [-0.2, -0.15) is 0 Å².